The van der Waals surface area contributed by atoms with E-state index in [2.05, 4.69) is 20.3 Å². The predicted molar refractivity (Wildman–Crippen MR) is 102 cm³/mol. The van der Waals surface area contributed by atoms with Crippen LogP contribution in [0.2, 0.25) is 0 Å². The van der Waals surface area contributed by atoms with E-state index in [4.69, 9.17) is 5.73 Å². The van der Waals surface area contributed by atoms with Gasteiger partial charge in [-0.3, -0.25) is 9.78 Å². The van der Waals surface area contributed by atoms with E-state index in [1.807, 2.05) is 24.3 Å². The van der Waals surface area contributed by atoms with Gasteiger partial charge in [0.2, 0.25) is 0 Å². The second-order valence-electron chi connectivity index (χ2n) is 5.72. The summed E-state index contributed by atoms with van der Waals surface area (Å²) in [5.41, 5.74) is 9.60. The van der Waals surface area contributed by atoms with E-state index < -0.39 is 0 Å². The van der Waals surface area contributed by atoms with Crippen LogP contribution in [0.15, 0.2) is 73.1 Å². The van der Waals surface area contributed by atoms with Crippen molar-refractivity contribution in [3.8, 4) is 11.3 Å². The molecule has 0 atom stereocenters. The maximum absolute atomic E-state index is 12.8. The Balaban J connectivity index is 1.82. The fourth-order valence-electron chi connectivity index (χ4n) is 2.66. The monoisotopic (exact) mass is 341 g/mol. The van der Waals surface area contributed by atoms with Crippen molar-refractivity contribution < 1.29 is 4.79 Å². The molecule has 26 heavy (non-hydrogen) atoms. The number of fused-ring (bicyclic) bond motifs is 1. The van der Waals surface area contributed by atoms with Gasteiger partial charge in [-0.1, -0.05) is 18.2 Å². The first-order chi connectivity index (χ1) is 12.7. The van der Waals surface area contributed by atoms with E-state index in [1.165, 1.54) is 0 Å². The molecule has 0 radical (unpaired) electrons. The molecule has 0 bridgehead atoms. The number of anilines is 2. The maximum atomic E-state index is 12.8. The Hall–Kier alpha value is -3.80. The summed E-state index contributed by atoms with van der Waals surface area (Å²) < 4.78 is 0. The highest BCUT2D eigenvalue weighted by Crippen LogP contribution is 2.25. The first kappa shape index (κ1) is 15.7. The molecule has 0 saturated heterocycles. The van der Waals surface area contributed by atoms with Crippen molar-refractivity contribution in [2.45, 2.75) is 0 Å². The van der Waals surface area contributed by atoms with Gasteiger partial charge in [-0.25, -0.2) is 9.97 Å². The number of hydrogen-bond acceptors (Lipinski definition) is 5. The Morgan fingerprint density at radius 2 is 1.73 bits per heavy atom. The lowest BCUT2D eigenvalue weighted by Crippen LogP contribution is -2.14. The van der Waals surface area contributed by atoms with Crippen molar-refractivity contribution in [2.24, 2.45) is 0 Å². The third kappa shape index (κ3) is 3.08. The van der Waals surface area contributed by atoms with E-state index >= 15 is 0 Å². The van der Waals surface area contributed by atoms with Crippen molar-refractivity contribution in [3.63, 3.8) is 0 Å². The summed E-state index contributed by atoms with van der Waals surface area (Å²) in [7, 11) is 0. The van der Waals surface area contributed by atoms with Crippen molar-refractivity contribution in [1.82, 2.24) is 15.0 Å². The number of amides is 1. The summed E-state index contributed by atoms with van der Waals surface area (Å²) in [5, 5.41) is 2.80. The Morgan fingerprint density at radius 3 is 2.50 bits per heavy atom. The average molecular weight is 341 g/mol. The predicted octanol–water partition coefficient (Wildman–Crippen LogP) is 3.53. The molecule has 4 aromatic rings. The van der Waals surface area contributed by atoms with E-state index in [-0.39, 0.29) is 5.91 Å². The number of nitrogens with two attached hydrogens (primary N) is 1. The van der Waals surface area contributed by atoms with Crippen LogP contribution in [0.1, 0.15) is 10.4 Å². The molecule has 0 aliphatic heterocycles. The van der Waals surface area contributed by atoms with Gasteiger partial charge in [0.25, 0.3) is 5.91 Å². The van der Waals surface area contributed by atoms with E-state index in [9.17, 15) is 4.79 Å². The smallest absolute Gasteiger partial charge is 0.259 e. The highest BCUT2D eigenvalue weighted by molar-refractivity contribution is 6.11. The molecule has 0 fully saturated rings. The fraction of sp³-hybridized carbons (Fsp3) is 0. The number of rotatable bonds is 3. The van der Waals surface area contributed by atoms with E-state index in [0.29, 0.717) is 33.8 Å². The van der Waals surface area contributed by atoms with Gasteiger partial charge in [0, 0.05) is 23.6 Å². The van der Waals surface area contributed by atoms with E-state index in [0.717, 1.165) is 5.56 Å². The molecule has 1 amide bonds. The molecule has 3 heterocycles. The third-order valence-electron chi connectivity index (χ3n) is 3.92. The van der Waals surface area contributed by atoms with Gasteiger partial charge < -0.3 is 11.1 Å². The normalized spacial score (nSPS) is 10.6. The molecule has 3 N–H and O–H groups in total. The number of nitrogen functional groups attached to an aromatic ring is 1. The molecule has 0 aliphatic carbocycles. The summed E-state index contributed by atoms with van der Waals surface area (Å²) in [4.78, 5) is 25.9. The van der Waals surface area contributed by atoms with E-state index in [1.54, 1.807) is 48.8 Å². The minimum atomic E-state index is -0.286. The third-order valence-corrected chi connectivity index (χ3v) is 3.92. The first-order valence-electron chi connectivity index (χ1n) is 8.05. The van der Waals surface area contributed by atoms with Crippen LogP contribution in [-0.2, 0) is 0 Å². The van der Waals surface area contributed by atoms with Crippen LogP contribution in [0.25, 0.3) is 22.3 Å². The number of pyridine rings is 3. The number of hydrogen-bond donors (Lipinski definition) is 2. The fourth-order valence-corrected chi connectivity index (χ4v) is 2.66. The topological polar surface area (TPSA) is 93.8 Å². The molecule has 0 saturated carbocycles. The number of benzene rings is 1. The molecular formula is C20H15N5O. The van der Waals surface area contributed by atoms with Gasteiger partial charge in [-0.05, 0) is 42.5 Å². The van der Waals surface area contributed by atoms with Crippen LogP contribution in [0.4, 0.5) is 11.5 Å². The molecule has 3 aromatic heterocycles. The highest BCUT2D eigenvalue weighted by atomic mass is 16.1. The summed E-state index contributed by atoms with van der Waals surface area (Å²) in [5.74, 6) is 0.193. The van der Waals surface area contributed by atoms with Crippen LogP contribution in [0.3, 0.4) is 0 Å². The standard InChI is InChI=1S/C20H15N5O/c21-14-8-6-13(7-9-14)17-12-15(19-16(24-17)4-3-11-23-19)20(26)25-18-5-1-2-10-22-18/h1-12H,21H2,(H,22,25,26). The SMILES string of the molecule is Nc1ccc(-c2cc(C(=O)Nc3ccccn3)c3ncccc3n2)cc1. The summed E-state index contributed by atoms with van der Waals surface area (Å²) in [6, 6.07) is 18.1. The van der Waals surface area contributed by atoms with Crippen LogP contribution in [0.5, 0.6) is 0 Å². The molecule has 6 heteroatoms. The Bertz CT molecular complexity index is 1080. The zero-order valence-electron chi connectivity index (χ0n) is 13.8. The quantitative estimate of drug-likeness (QED) is 0.556. The van der Waals surface area contributed by atoms with Crippen molar-refractivity contribution in [3.05, 3.63) is 78.6 Å². The molecule has 1 aromatic carbocycles. The zero-order chi connectivity index (χ0) is 17.9. The van der Waals surface area contributed by atoms with Gasteiger partial charge >= 0.3 is 0 Å². The lowest BCUT2D eigenvalue weighted by atomic mass is 10.1. The van der Waals surface area contributed by atoms with Crippen LogP contribution >= 0.6 is 0 Å². The number of nitrogens with zero attached hydrogens (tertiary/aromatic N) is 3. The molecular weight excluding hydrogens is 326 g/mol. The van der Waals surface area contributed by atoms with Crippen molar-refractivity contribution >= 4 is 28.4 Å². The zero-order valence-corrected chi connectivity index (χ0v) is 13.8. The van der Waals surface area contributed by atoms with Gasteiger partial charge in [0.1, 0.15) is 11.3 Å². The van der Waals surface area contributed by atoms with Crippen LogP contribution < -0.4 is 11.1 Å². The van der Waals surface area contributed by atoms with Crippen molar-refractivity contribution in [2.75, 3.05) is 11.1 Å². The largest absolute Gasteiger partial charge is 0.399 e. The van der Waals surface area contributed by atoms with Gasteiger partial charge in [-0.15, -0.1) is 0 Å². The molecule has 6 nitrogen and oxygen atoms in total. The Labute approximate surface area is 149 Å². The lowest BCUT2D eigenvalue weighted by Gasteiger charge is -2.10. The minimum Gasteiger partial charge on any atom is -0.399 e. The number of nitrogens with one attached hydrogen (secondary N) is 1. The molecule has 0 spiro atoms. The maximum Gasteiger partial charge on any atom is 0.259 e. The summed E-state index contributed by atoms with van der Waals surface area (Å²) in [6.07, 6.45) is 3.27. The Kier molecular flexibility index (Phi) is 3.99. The number of carbonyl (C=O) groups is 1. The number of aromatic nitrogens is 3. The molecule has 4 rings (SSSR count). The summed E-state index contributed by atoms with van der Waals surface area (Å²) in [6.45, 7) is 0. The number of carbonyl (C=O) groups excluding carboxylic acids is 1. The van der Waals surface area contributed by atoms with Gasteiger partial charge in [0.15, 0.2) is 0 Å². The van der Waals surface area contributed by atoms with Crippen molar-refractivity contribution in [1.29, 1.82) is 0 Å². The Morgan fingerprint density at radius 1 is 0.923 bits per heavy atom. The first-order valence-corrected chi connectivity index (χ1v) is 8.05. The minimum absolute atomic E-state index is 0.286. The summed E-state index contributed by atoms with van der Waals surface area (Å²) >= 11 is 0. The van der Waals surface area contributed by atoms with Gasteiger partial charge in [0.05, 0.1) is 16.8 Å². The second kappa shape index (κ2) is 6.60. The van der Waals surface area contributed by atoms with Crippen LogP contribution in [0, 0.1) is 0 Å². The van der Waals surface area contributed by atoms with Crippen LogP contribution in [-0.4, -0.2) is 20.9 Å². The molecule has 126 valence electrons. The molecule has 0 aliphatic rings. The second-order valence-corrected chi connectivity index (χ2v) is 5.72. The average Bonchev–Trinajstić information content (AvgIpc) is 2.68. The molecule has 0 unspecified atom stereocenters. The van der Waals surface area contributed by atoms with Gasteiger partial charge in [-0.2, -0.15) is 0 Å². The lowest BCUT2D eigenvalue weighted by molar-refractivity contribution is 0.102. The highest BCUT2D eigenvalue weighted by Gasteiger charge is 2.15.